The highest BCUT2D eigenvalue weighted by atomic mass is 79.9. The summed E-state index contributed by atoms with van der Waals surface area (Å²) in [4.78, 5) is 11.9. The average molecular weight is 379 g/mol. The van der Waals surface area contributed by atoms with Crippen LogP contribution in [-0.2, 0) is 4.79 Å². The van der Waals surface area contributed by atoms with E-state index in [-0.39, 0.29) is 12.5 Å². The Kier molecular flexibility index (Phi) is 5.99. The van der Waals surface area contributed by atoms with E-state index in [0.717, 1.165) is 0 Å². The van der Waals surface area contributed by atoms with E-state index in [1.165, 1.54) is 13.3 Å². The molecule has 0 bridgehead atoms. The Hall–Kier alpha value is -2.54. The maximum Gasteiger partial charge on any atom is 0.262 e. The normalized spacial score (nSPS) is 10.5. The summed E-state index contributed by atoms with van der Waals surface area (Å²) >= 11 is 3.35. The number of anilines is 1. The Bertz CT molecular complexity index is 705. The summed E-state index contributed by atoms with van der Waals surface area (Å²) in [7, 11) is 1.48. The van der Waals surface area contributed by atoms with Crippen molar-refractivity contribution in [1.82, 2.24) is 0 Å². The number of para-hydroxylation sites is 1. The number of nitrogens with one attached hydrogen (secondary N) is 1. The second-order valence-corrected chi connectivity index (χ2v) is 5.34. The van der Waals surface area contributed by atoms with E-state index in [1.54, 1.807) is 24.3 Å². The number of oxime groups is 1. The predicted molar refractivity (Wildman–Crippen MR) is 90.6 cm³/mol. The third kappa shape index (κ3) is 4.72. The fourth-order valence-electron chi connectivity index (χ4n) is 1.88. The molecule has 120 valence electrons. The van der Waals surface area contributed by atoms with Gasteiger partial charge in [0.25, 0.3) is 5.91 Å². The molecule has 2 aromatic rings. The summed E-state index contributed by atoms with van der Waals surface area (Å²) in [5, 5.41) is 14.3. The number of nitrogens with zero attached hydrogens (tertiary/aromatic N) is 1. The summed E-state index contributed by atoms with van der Waals surface area (Å²) in [5.41, 5.74) is 1.32. The maximum absolute atomic E-state index is 11.9. The number of halogens is 1. The molecule has 0 aromatic heterocycles. The fraction of sp³-hybridized carbons (Fsp3) is 0.125. The maximum atomic E-state index is 11.9. The Labute approximate surface area is 141 Å². The van der Waals surface area contributed by atoms with E-state index in [0.29, 0.717) is 27.2 Å². The molecule has 2 aromatic carbocycles. The number of hydrogen-bond donors (Lipinski definition) is 2. The first-order valence-corrected chi connectivity index (χ1v) is 7.46. The molecule has 23 heavy (non-hydrogen) atoms. The van der Waals surface area contributed by atoms with Crippen LogP contribution in [-0.4, -0.2) is 31.0 Å². The van der Waals surface area contributed by atoms with Gasteiger partial charge in [0.2, 0.25) is 0 Å². The van der Waals surface area contributed by atoms with E-state index in [4.69, 9.17) is 14.7 Å². The van der Waals surface area contributed by atoms with E-state index in [2.05, 4.69) is 26.4 Å². The van der Waals surface area contributed by atoms with Gasteiger partial charge in [-0.25, -0.2) is 0 Å². The van der Waals surface area contributed by atoms with E-state index >= 15 is 0 Å². The zero-order valence-corrected chi connectivity index (χ0v) is 13.9. The molecule has 0 fully saturated rings. The van der Waals surface area contributed by atoms with Crippen molar-refractivity contribution in [2.75, 3.05) is 19.0 Å². The number of benzene rings is 2. The highest BCUT2D eigenvalue weighted by Crippen LogP contribution is 2.36. The SMILES string of the molecule is COc1cc(C=NO)cc(Br)c1OCC(=O)Nc1ccccc1. The van der Waals surface area contributed by atoms with E-state index in [1.807, 2.05) is 18.2 Å². The van der Waals surface area contributed by atoms with Gasteiger partial charge >= 0.3 is 0 Å². The standard InChI is InChI=1S/C16H15BrN2O4/c1-22-14-8-11(9-18-21)7-13(17)16(14)23-10-15(20)19-12-5-3-2-4-6-12/h2-9,21H,10H2,1H3,(H,19,20). The van der Waals surface area contributed by atoms with Gasteiger partial charge < -0.3 is 20.0 Å². The van der Waals surface area contributed by atoms with Crippen LogP contribution in [0.25, 0.3) is 0 Å². The smallest absolute Gasteiger partial charge is 0.262 e. The molecule has 0 aliphatic carbocycles. The lowest BCUT2D eigenvalue weighted by Crippen LogP contribution is -2.20. The molecule has 0 heterocycles. The highest BCUT2D eigenvalue weighted by Gasteiger charge is 2.13. The van der Waals surface area contributed by atoms with Crippen LogP contribution in [0.2, 0.25) is 0 Å². The van der Waals surface area contributed by atoms with Crippen molar-refractivity contribution in [3.63, 3.8) is 0 Å². The number of ether oxygens (including phenoxy) is 2. The van der Waals surface area contributed by atoms with Gasteiger partial charge in [-0.15, -0.1) is 0 Å². The van der Waals surface area contributed by atoms with Crippen molar-refractivity contribution in [2.24, 2.45) is 5.16 Å². The quantitative estimate of drug-likeness (QED) is 0.459. The Morgan fingerprint density at radius 2 is 2.09 bits per heavy atom. The molecule has 7 heteroatoms. The fourth-order valence-corrected chi connectivity index (χ4v) is 2.45. The van der Waals surface area contributed by atoms with Gasteiger partial charge in [-0.05, 0) is 40.2 Å². The lowest BCUT2D eigenvalue weighted by atomic mass is 10.2. The van der Waals surface area contributed by atoms with Gasteiger partial charge in [-0.1, -0.05) is 23.4 Å². The van der Waals surface area contributed by atoms with Crippen LogP contribution in [0, 0.1) is 0 Å². The van der Waals surface area contributed by atoms with E-state index in [9.17, 15) is 4.79 Å². The van der Waals surface area contributed by atoms with Crippen LogP contribution < -0.4 is 14.8 Å². The summed E-state index contributed by atoms with van der Waals surface area (Å²) in [6.45, 7) is -0.169. The average Bonchev–Trinajstić information content (AvgIpc) is 2.54. The molecule has 6 nitrogen and oxygen atoms in total. The number of hydrogen-bond acceptors (Lipinski definition) is 5. The molecule has 0 aliphatic rings. The van der Waals surface area contributed by atoms with Crippen molar-refractivity contribution in [3.8, 4) is 11.5 Å². The minimum atomic E-state index is -0.286. The van der Waals surface area contributed by atoms with Crippen LogP contribution in [0.4, 0.5) is 5.69 Å². The molecular formula is C16H15BrN2O4. The van der Waals surface area contributed by atoms with E-state index < -0.39 is 0 Å². The number of amides is 1. The first-order valence-electron chi connectivity index (χ1n) is 6.66. The first kappa shape index (κ1) is 16.8. The van der Waals surface area contributed by atoms with Gasteiger partial charge in [-0.3, -0.25) is 4.79 Å². The van der Waals surface area contributed by atoms with Crippen molar-refractivity contribution in [1.29, 1.82) is 0 Å². The lowest BCUT2D eigenvalue weighted by molar-refractivity contribution is -0.118. The van der Waals surface area contributed by atoms with Crippen LogP contribution >= 0.6 is 15.9 Å². The van der Waals surface area contributed by atoms with Crippen molar-refractivity contribution < 1.29 is 19.5 Å². The van der Waals surface area contributed by atoms with Gasteiger partial charge in [0.15, 0.2) is 18.1 Å². The van der Waals surface area contributed by atoms with Crippen LogP contribution in [0.15, 0.2) is 52.1 Å². The third-order valence-corrected chi connectivity index (χ3v) is 3.45. The van der Waals surface area contributed by atoms with Crippen LogP contribution in [0.3, 0.4) is 0 Å². The van der Waals surface area contributed by atoms with Crippen molar-refractivity contribution >= 4 is 33.7 Å². The molecule has 0 atom stereocenters. The first-order chi connectivity index (χ1) is 11.1. The number of rotatable bonds is 6. The molecule has 0 aliphatic heterocycles. The van der Waals surface area contributed by atoms with Crippen molar-refractivity contribution in [3.05, 3.63) is 52.5 Å². The predicted octanol–water partition coefficient (Wildman–Crippen LogP) is 3.28. The molecule has 0 saturated heterocycles. The van der Waals surface area contributed by atoms with Crippen LogP contribution in [0.1, 0.15) is 5.56 Å². The Morgan fingerprint density at radius 1 is 1.35 bits per heavy atom. The summed E-state index contributed by atoms with van der Waals surface area (Å²) in [5.74, 6) is 0.527. The Morgan fingerprint density at radius 3 is 2.74 bits per heavy atom. The largest absolute Gasteiger partial charge is 0.493 e. The third-order valence-electron chi connectivity index (χ3n) is 2.86. The molecule has 2 N–H and O–H groups in total. The molecule has 0 unspecified atom stereocenters. The monoisotopic (exact) mass is 378 g/mol. The van der Waals surface area contributed by atoms with Crippen LogP contribution in [0.5, 0.6) is 11.5 Å². The summed E-state index contributed by atoms with van der Waals surface area (Å²) in [6.07, 6.45) is 1.26. The summed E-state index contributed by atoms with van der Waals surface area (Å²) < 4.78 is 11.4. The molecule has 0 saturated carbocycles. The molecule has 2 rings (SSSR count). The van der Waals surface area contributed by atoms with Gasteiger partial charge in [-0.2, -0.15) is 0 Å². The zero-order valence-electron chi connectivity index (χ0n) is 12.3. The number of carbonyl (C=O) groups excluding carboxylic acids is 1. The highest BCUT2D eigenvalue weighted by molar-refractivity contribution is 9.10. The number of methoxy groups -OCH3 is 1. The molecular weight excluding hydrogens is 364 g/mol. The van der Waals surface area contributed by atoms with Gasteiger partial charge in [0.05, 0.1) is 17.8 Å². The van der Waals surface area contributed by atoms with Crippen molar-refractivity contribution in [2.45, 2.75) is 0 Å². The zero-order chi connectivity index (χ0) is 16.7. The topological polar surface area (TPSA) is 80.2 Å². The van der Waals surface area contributed by atoms with Gasteiger partial charge in [0.1, 0.15) is 0 Å². The minimum Gasteiger partial charge on any atom is -0.493 e. The molecule has 0 spiro atoms. The number of carbonyl (C=O) groups is 1. The lowest BCUT2D eigenvalue weighted by Gasteiger charge is -2.13. The molecule has 0 radical (unpaired) electrons. The second-order valence-electron chi connectivity index (χ2n) is 4.48. The Balaban J connectivity index is 2.06. The van der Waals surface area contributed by atoms with Gasteiger partial charge in [0, 0.05) is 11.3 Å². The molecule has 1 amide bonds. The summed E-state index contributed by atoms with van der Waals surface area (Å²) in [6, 6.07) is 12.4. The minimum absolute atomic E-state index is 0.169. The second kappa shape index (κ2) is 8.19.